The number of piperazine rings is 1. The molecule has 3 aliphatic rings. The lowest BCUT2D eigenvalue weighted by molar-refractivity contribution is -0.133. The average molecular weight is 429 g/mol. The number of nitrogens with zero attached hydrogens (tertiary/aromatic N) is 2. The van der Waals surface area contributed by atoms with Crippen LogP contribution in [0.2, 0.25) is 0 Å². The number of rotatable bonds is 4. The van der Waals surface area contributed by atoms with Gasteiger partial charge >= 0.3 is 0 Å². The number of benzene rings is 2. The smallest absolute Gasteiger partial charge is 0.243 e. The van der Waals surface area contributed by atoms with E-state index in [0.717, 1.165) is 36.8 Å². The Hall–Kier alpha value is -2.25. The van der Waals surface area contributed by atoms with Gasteiger partial charge in [0.05, 0.1) is 4.90 Å². The number of aryl methyl sites for hydroxylation is 2. The zero-order valence-electron chi connectivity index (χ0n) is 16.8. The Morgan fingerprint density at radius 2 is 1.63 bits per heavy atom. The molecule has 2 aromatic carbocycles. The van der Waals surface area contributed by atoms with Crippen LogP contribution in [0.25, 0.3) is 0 Å². The summed E-state index contributed by atoms with van der Waals surface area (Å²) in [5.41, 5.74) is 3.39. The monoisotopic (exact) mass is 428 g/mol. The number of hydrogen-bond acceptors (Lipinski definition) is 3. The highest BCUT2D eigenvalue weighted by Crippen LogP contribution is 2.48. The minimum absolute atomic E-state index is 0.0738. The normalized spacial score (nSPS) is 24.0. The van der Waals surface area contributed by atoms with Crippen LogP contribution in [-0.4, -0.2) is 49.7 Å². The largest absolute Gasteiger partial charge is 0.340 e. The van der Waals surface area contributed by atoms with E-state index in [0.29, 0.717) is 31.1 Å². The summed E-state index contributed by atoms with van der Waals surface area (Å²) in [6, 6.07) is 11.8. The molecule has 0 bridgehead atoms. The molecule has 2 unspecified atom stereocenters. The van der Waals surface area contributed by atoms with Crippen LogP contribution in [0.4, 0.5) is 4.39 Å². The van der Waals surface area contributed by atoms with E-state index in [1.165, 1.54) is 22.0 Å². The zero-order valence-corrected chi connectivity index (χ0v) is 17.6. The van der Waals surface area contributed by atoms with Crippen molar-refractivity contribution in [3.63, 3.8) is 0 Å². The number of carbonyl (C=O) groups excluding carboxylic acids is 1. The van der Waals surface area contributed by atoms with E-state index in [4.69, 9.17) is 0 Å². The van der Waals surface area contributed by atoms with E-state index < -0.39 is 10.0 Å². The third kappa shape index (κ3) is 3.54. The highest BCUT2D eigenvalue weighted by molar-refractivity contribution is 7.89. The van der Waals surface area contributed by atoms with Crippen molar-refractivity contribution >= 4 is 15.9 Å². The van der Waals surface area contributed by atoms with Crippen LogP contribution in [0, 0.1) is 11.7 Å². The maximum absolute atomic E-state index is 13.1. The van der Waals surface area contributed by atoms with E-state index in [-0.39, 0.29) is 23.6 Å². The minimum Gasteiger partial charge on any atom is -0.340 e. The van der Waals surface area contributed by atoms with E-state index in [1.54, 1.807) is 23.1 Å². The second-order valence-corrected chi connectivity index (χ2v) is 10.5. The molecule has 0 N–H and O–H groups in total. The first-order valence-corrected chi connectivity index (χ1v) is 12.0. The molecule has 2 aliphatic carbocycles. The summed E-state index contributed by atoms with van der Waals surface area (Å²) in [7, 11) is -3.54. The highest BCUT2D eigenvalue weighted by Gasteiger charge is 2.46. The minimum atomic E-state index is -3.54. The van der Waals surface area contributed by atoms with Gasteiger partial charge in [0.25, 0.3) is 0 Å². The van der Waals surface area contributed by atoms with Gasteiger partial charge in [0, 0.05) is 32.1 Å². The quantitative estimate of drug-likeness (QED) is 0.752. The number of sulfonamides is 1. The summed E-state index contributed by atoms with van der Waals surface area (Å²) >= 11 is 0. The van der Waals surface area contributed by atoms with Crippen molar-refractivity contribution in [2.75, 3.05) is 26.2 Å². The molecule has 2 atom stereocenters. The van der Waals surface area contributed by atoms with Gasteiger partial charge in [-0.3, -0.25) is 4.79 Å². The van der Waals surface area contributed by atoms with Crippen molar-refractivity contribution in [3.05, 3.63) is 65.0 Å². The second kappa shape index (κ2) is 7.46. The van der Waals surface area contributed by atoms with Crippen LogP contribution in [0.5, 0.6) is 0 Å². The molecule has 1 heterocycles. The molecule has 1 saturated heterocycles. The first kappa shape index (κ1) is 19.7. The van der Waals surface area contributed by atoms with E-state index in [9.17, 15) is 17.6 Å². The molecule has 0 aromatic heterocycles. The van der Waals surface area contributed by atoms with Gasteiger partial charge in [-0.15, -0.1) is 0 Å². The SMILES string of the molecule is O=C(C1CC1c1ccc(F)cc1)N1CCN(S(=O)(=O)c2ccc3c(c2)CCC3)CC1. The van der Waals surface area contributed by atoms with Crippen molar-refractivity contribution in [3.8, 4) is 0 Å². The summed E-state index contributed by atoms with van der Waals surface area (Å²) in [4.78, 5) is 15.0. The van der Waals surface area contributed by atoms with Crippen LogP contribution in [-0.2, 0) is 27.7 Å². The predicted octanol–water partition coefficient (Wildman–Crippen LogP) is 2.95. The molecule has 1 aliphatic heterocycles. The topological polar surface area (TPSA) is 57.7 Å². The third-order valence-corrected chi connectivity index (χ3v) is 8.56. The highest BCUT2D eigenvalue weighted by atomic mass is 32.2. The van der Waals surface area contributed by atoms with Crippen LogP contribution in [0.15, 0.2) is 47.4 Å². The van der Waals surface area contributed by atoms with Gasteiger partial charge in [0.2, 0.25) is 15.9 Å². The summed E-state index contributed by atoms with van der Waals surface area (Å²) in [5, 5.41) is 0. The number of fused-ring (bicyclic) bond motifs is 1. The first-order chi connectivity index (χ1) is 14.4. The third-order valence-electron chi connectivity index (χ3n) is 6.66. The molecule has 1 amide bonds. The summed E-state index contributed by atoms with van der Waals surface area (Å²) < 4.78 is 40.7. The molecule has 7 heteroatoms. The van der Waals surface area contributed by atoms with Gasteiger partial charge < -0.3 is 4.90 Å². The second-order valence-electron chi connectivity index (χ2n) is 8.51. The molecular weight excluding hydrogens is 403 g/mol. The number of halogens is 1. The fourth-order valence-corrected chi connectivity index (χ4v) is 6.26. The Balaban J connectivity index is 1.21. The Morgan fingerprint density at radius 3 is 2.37 bits per heavy atom. The van der Waals surface area contributed by atoms with E-state index in [1.807, 2.05) is 12.1 Å². The molecule has 0 radical (unpaired) electrons. The Kier molecular flexibility index (Phi) is 4.90. The fourth-order valence-electron chi connectivity index (χ4n) is 4.79. The van der Waals surface area contributed by atoms with Crippen LogP contribution in [0.1, 0.15) is 35.4 Å². The molecular formula is C23H25FN2O3S. The lowest BCUT2D eigenvalue weighted by Crippen LogP contribution is -2.51. The maximum atomic E-state index is 13.1. The molecule has 5 rings (SSSR count). The molecule has 5 nitrogen and oxygen atoms in total. The molecule has 2 aromatic rings. The predicted molar refractivity (Wildman–Crippen MR) is 111 cm³/mol. The van der Waals surface area contributed by atoms with Crippen LogP contribution in [0.3, 0.4) is 0 Å². The molecule has 2 fully saturated rings. The van der Waals surface area contributed by atoms with Crippen molar-refractivity contribution in [1.29, 1.82) is 0 Å². The van der Waals surface area contributed by atoms with Gasteiger partial charge in [0.1, 0.15) is 5.82 Å². The van der Waals surface area contributed by atoms with Gasteiger partial charge in [-0.25, -0.2) is 12.8 Å². The lowest BCUT2D eigenvalue weighted by Gasteiger charge is -2.34. The van der Waals surface area contributed by atoms with Crippen molar-refractivity contribution < 1.29 is 17.6 Å². The van der Waals surface area contributed by atoms with Gasteiger partial charge in [-0.2, -0.15) is 4.31 Å². The van der Waals surface area contributed by atoms with Crippen molar-refractivity contribution in [2.45, 2.75) is 36.5 Å². The molecule has 0 spiro atoms. The molecule has 1 saturated carbocycles. The zero-order chi connectivity index (χ0) is 20.9. The first-order valence-electron chi connectivity index (χ1n) is 10.6. The summed E-state index contributed by atoms with van der Waals surface area (Å²) in [5.74, 6) is -0.122. The Bertz CT molecular complexity index is 1080. The van der Waals surface area contributed by atoms with Gasteiger partial charge in [0.15, 0.2) is 0 Å². The molecule has 30 heavy (non-hydrogen) atoms. The van der Waals surface area contributed by atoms with Crippen molar-refractivity contribution in [1.82, 2.24) is 9.21 Å². The fraction of sp³-hybridized carbons (Fsp3) is 0.435. The molecule has 158 valence electrons. The maximum Gasteiger partial charge on any atom is 0.243 e. The van der Waals surface area contributed by atoms with Crippen molar-refractivity contribution in [2.24, 2.45) is 5.92 Å². The standard InChI is InChI=1S/C23H25FN2O3S/c24-19-7-4-17(5-8-19)21-15-22(21)23(27)25-10-12-26(13-11-25)30(28,29)20-9-6-16-2-1-3-18(16)14-20/h4-9,14,21-22H,1-3,10-13,15H2. The number of carbonyl (C=O) groups is 1. The average Bonchev–Trinajstić information content (AvgIpc) is 3.42. The van der Waals surface area contributed by atoms with Crippen LogP contribution < -0.4 is 0 Å². The summed E-state index contributed by atoms with van der Waals surface area (Å²) in [6.45, 7) is 1.46. The van der Waals surface area contributed by atoms with E-state index >= 15 is 0 Å². The van der Waals surface area contributed by atoms with Gasteiger partial charge in [-0.05, 0) is 72.6 Å². The Morgan fingerprint density at radius 1 is 0.933 bits per heavy atom. The van der Waals surface area contributed by atoms with Crippen LogP contribution >= 0.6 is 0 Å². The lowest BCUT2D eigenvalue weighted by atomic mass is 10.1. The Labute approximate surface area is 176 Å². The van der Waals surface area contributed by atoms with E-state index in [2.05, 4.69) is 0 Å². The summed E-state index contributed by atoms with van der Waals surface area (Å²) in [6.07, 6.45) is 3.83. The number of hydrogen-bond donors (Lipinski definition) is 0. The number of amides is 1. The van der Waals surface area contributed by atoms with Gasteiger partial charge in [-0.1, -0.05) is 18.2 Å².